The largest absolute Gasteiger partial charge is 0.508 e. The minimum absolute atomic E-state index is 0.0333. The Hall–Kier alpha value is -7.96. The minimum atomic E-state index is -1.93. The molecule has 0 aliphatic rings. The van der Waals surface area contributed by atoms with Crippen LogP contribution in [0.2, 0.25) is 0 Å². The van der Waals surface area contributed by atoms with Crippen LogP contribution in [0.4, 0.5) is 0 Å². The number of phenolic OH excluding ortho intramolecular Hbond substituents is 2. The molecule has 9 atom stereocenters. The van der Waals surface area contributed by atoms with Crippen LogP contribution in [0.1, 0.15) is 36.1 Å². The Kier molecular flexibility index (Phi) is 23.4. The molecule has 0 aliphatic carbocycles. The zero-order valence-electron chi connectivity index (χ0n) is 40.9. The first kappa shape index (κ1) is 58.6. The Morgan fingerprint density at radius 2 is 0.743 bits per heavy atom. The smallest absolute Gasteiger partial charge is 0.243 e. The van der Waals surface area contributed by atoms with Crippen molar-refractivity contribution < 1.29 is 63.9 Å². The second-order valence-electron chi connectivity index (χ2n) is 17.6. The predicted octanol–water partition coefficient (Wildman–Crippen LogP) is -3.45. The SMILES string of the molecule is C[C@@H](NC(=O)[C@@H](N)Cc1ccc(O)cc1)C(=O)NCC(=O)N[C@@H](Cc1ccccc1)C(=O)NC[C@@H](O)C(O)[C@@H](O)CNC(=O)[C@H](Cc1ccccc1)NC(=O)CNC(=O)[C@@H](C)NC(=O)[C@@H](N)Cc1ccc(O)cc1. The maximum absolute atomic E-state index is 13.5. The van der Waals surface area contributed by atoms with Crippen LogP contribution in [0.15, 0.2) is 109 Å². The number of aliphatic hydroxyl groups excluding tert-OH is 3. The van der Waals surface area contributed by atoms with E-state index in [0.29, 0.717) is 22.3 Å². The molecule has 74 heavy (non-hydrogen) atoms. The number of aliphatic hydroxyl groups is 3. The lowest BCUT2D eigenvalue weighted by Gasteiger charge is -2.26. The standard InChI is InChI=1S/C51H66N10O13/c1-29(58-48(71)37(52)21-33-13-17-35(62)18-14-33)46(69)56-27-43(66)60-39(23-31-9-5-3-6-10-31)50(73)54-25-41(64)45(68)42(65)26-55-51(74)40(24-32-11-7-4-8-12-32)61-44(67)28-57-47(70)30(2)59-49(72)38(53)22-34-15-19-36(63)20-16-34/h3-20,29-30,37-42,45,62-65,68H,21-28,52-53H2,1-2H3,(H,54,73)(H,55,74)(H,56,69)(H,57,70)(H,58,71)(H,59,72)(H,60,66)(H,61,67)/t29-,30-,37+,38+,39+,40+,41-,42+,45?/m1/s1. The fourth-order valence-electron chi connectivity index (χ4n) is 7.13. The molecule has 4 rings (SSSR count). The molecule has 23 heteroatoms. The van der Waals surface area contributed by atoms with Crippen molar-refractivity contribution in [3.8, 4) is 11.5 Å². The first-order valence-electron chi connectivity index (χ1n) is 23.7. The zero-order valence-corrected chi connectivity index (χ0v) is 40.9. The first-order chi connectivity index (χ1) is 35.2. The summed E-state index contributed by atoms with van der Waals surface area (Å²) in [6.45, 7) is 0.345. The summed E-state index contributed by atoms with van der Waals surface area (Å²) in [5, 5.41) is 71.0. The number of nitrogens with one attached hydrogen (secondary N) is 8. The number of rotatable bonds is 28. The number of aromatic hydroxyl groups is 2. The average Bonchev–Trinajstić information content (AvgIpc) is 3.38. The quantitative estimate of drug-likeness (QED) is 0.0263. The molecule has 17 N–H and O–H groups in total. The van der Waals surface area contributed by atoms with E-state index >= 15 is 0 Å². The summed E-state index contributed by atoms with van der Waals surface area (Å²) in [7, 11) is 0. The summed E-state index contributed by atoms with van der Waals surface area (Å²) in [6.07, 6.45) is -5.33. The van der Waals surface area contributed by atoms with Gasteiger partial charge in [-0.2, -0.15) is 0 Å². The third-order valence-corrected chi connectivity index (χ3v) is 11.4. The summed E-state index contributed by atoms with van der Waals surface area (Å²) >= 11 is 0. The lowest BCUT2D eigenvalue weighted by molar-refractivity contribution is -0.132. The molecule has 0 saturated carbocycles. The minimum Gasteiger partial charge on any atom is -0.508 e. The van der Waals surface area contributed by atoms with Crippen molar-refractivity contribution >= 4 is 47.3 Å². The van der Waals surface area contributed by atoms with Crippen molar-refractivity contribution in [2.75, 3.05) is 26.2 Å². The highest BCUT2D eigenvalue weighted by molar-refractivity contribution is 5.94. The van der Waals surface area contributed by atoms with Crippen LogP contribution in [0.5, 0.6) is 11.5 Å². The van der Waals surface area contributed by atoms with Gasteiger partial charge in [-0.3, -0.25) is 38.4 Å². The third kappa shape index (κ3) is 20.3. The highest BCUT2D eigenvalue weighted by Crippen LogP contribution is 2.13. The number of carbonyl (C=O) groups excluding carboxylic acids is 8. The van der Waals surface area contributed by atoms with Crippen molar-refractivity contribution in [1.82, 2.24) is 42.5 Å². The first-order valence-corrected chi connectivity index (χ1v) is 23.7. The average molecular weight is 1030 g/mol. The summed E-state index contributed by atoms with van der Waals surface area (Å²) in [5.74, 6) is -5.77. The summed E-state index contributed by atoms with van der Waals surface area (Å²) in [6, 6.07) is 22.6. The molecular formula is C51H66N10O13. The molecule has 0 bridgehead atoms. The van der Waals surface area contributed by atoms with Crippen molar-refractivity contribution in [3.05, 3.63) is 131 Å². The highest BCUT2D eigenvalue weighted by atomic mass is 16.4. The highest BCUT2D eigenvalue weighted by Gasteiger charge is 2.30. The van der Waals surface area contributed by atoms with Crippen molar-refractivity contribution in [2.45, 2.75) is 94.1 Å². The molecule has 398 valence electrons. The number of amides is 8. The predicted molar refractivity (Wildman–Crippen MR) is 269 cm³/mol. The Morgan fingerprint density at radius 3 is 1.08 bits per heavy atom. The van der Waals surface area contributed by atoms with Crippen LogP contribution >= 0.6 is 0 Å². The molecule has 0 aromatic heterocycles. The maximum Gasteiger partial charge on any atom is 0.243 e. The van der Waals surface area contributed by atoms with E-state index in [4.69, 9.17) is 11.5 Å². The lowest BCUT2D eigenvalue weighted by atomic mass is 10.0. The third-order valence-electron chi connectivity index (χ3n) is 11.4. The Morgan fingerprint density at radius 1 is 0.419 bits per heavy atom. The molecule has 8 amide bonds. The second-order valence-corrected chi connectivity index (χ2v) is 17.6. The van der Waals surface area contributed by atoms with Gasteiger partial charge in [0.1, 0.15) is 41.8 Å². The number of hydrogen-bond donors (Lipinski definition) is 15. The molecular weight excluding hydrogens is 961 g/mol. The van der Waals surface area contributed by atoms with Crippen LogP contribution in [0.3, 0.4) is 0 Å². The summed E-state index contributed by atoms with van der Waals surface area (Å²) in [5.41, 5.74) is 14.6. The zero-order chi connectivity index (χ0) is 54.3. The van der Waals surface area contributed by atoms with Crippen LogP contribution in [0.25, 0.3) is 0 Å². The summed E-state index contributed by atoms with van der Waals surface area (Å²) < 4.78 is 0. The normalized spacial score (nSPS) is 14.6. The van der Waals surface area contributed by atoms with Crippen LogP contribution in [-0.2, 0) is 64.0 Å². The molecule has 0 heterocycles. The van der Waals surface area contributed by atoms with Gasteiger partial charge in [0.15, 0.2) is 0 Å². The molecule has 0 fully saturated rings. The van der Waals surface area contributed by atoms with Crippen LogP contribution < -0.4 is 54.0 Å². The molecule has 0 spiro atoms. The van der Waals surface area contributed by atoms with Gasteiger partial charge in [-0.1, -0.05) is 84.9 Å². The monoisotopic (exact) mass is 1030 g/mol. The number of benzene rings is 4. The fraction of sp³-hybridized carbons (Fsp3) is 0.373. The van der Waals surface area contributed by atoms with E-state index in [-0.39, 0.29) is 37.2 Å². The van der Waals surface area contributed by atoms with Gasteiger partial charge in [0, 0.05) is 25.9 Å². The van der Waals surface area contributed by atoms with Gasteiger partial charge < -0.3 is 79.5 Å². The van der Waals surface area contributed by atoms with E-state index in [9.17, 15) is 63.9 Å². The van der Waals surface area contributed by atoms with Gasteiger partial charge in [0.25, 0.3) is 0 Å². The van der Waals surface area contributed by atoms with Gasteiger partial charge in [0.05, 0.1) is 37.4 Å². The van der Waals surface area contributed by atoms with Gasteiger partial charge in [-0.05, 0) is 73.2 Å². The van der Waals surface area contributed by atoms with E-state index in [1.165, 1.54) is 38.1 Å². The molecule has 4 aromatic rings. The number of nitrogens with two attached hydrogens (primary N) is 2. The lowest BCUT2D eigenvalue weighted by Crippen LogP contribution is -2.56. The Bertz CT molecular complexity index is 2320. The Labute approximate surface area is 427 Å². The van der Waals surface area contributed by atoms with Gasteiger partial charge in [0.2, 0.25) is 47.3 Å². The number of carbonyl (C=O) groups is 8. The second kappa shape index (κ2) is 29.5. The molecule has 0 saturated heterocycles. The molecule has 23 nitrogen and oxygen atoms in total. The molecule has 0 aliphatic heterocycles. The van der Waals surface area contributed by atoms with Crippen molar-refractivity contribution in [3.63, 3.8) is 0 Å². The van der Waals surface area contributed by atoms with Gasteiger partial charge in [-0.15, -0.1) is 0 Å². The molecule has 4 aromatic carbocycles. The van der Waals surface area contributed by atoms with Gasteiger partial charge >= 0.3 is 0 Å². The topological polar surface area (TPSA) is 386 Å². The molecule has 0 radical (unpaired) electrons. The van der Waals surface area contributed by atoms with Crippen molar-refractivity contribution in [1.29, 1.82) is 0 Å². The van der Waals surface area contributed by atoms with E-state index in [1.807, 2.05) is 0 Å². The van der Waals surface area contributed by atoms with Crippen molar-refractivity contribution in [2.24, 2.45) is 11.5 Å². The maximum atomic E-state index is 13.5. The van der Waals surface area contributed by atoms with Gasteiger partial charge in [-0.25, -0.2) is 0 Å². The van der Waals surface area contributed by atoms with Crippen LogP contribution in [-0.4, -0.2) is 154 Å². The molecule has 1 unspecified atom stereocenters. The van der Waals surface area contributed by atoms with E-state index in [0.717, 1.165) is 0 Å². The number of hydrogen-bond acceptors (Lipinski definition) is 15. The van der Waals surface area contributed by atoms with E-state index < -0.39 is 128 Å². The van der Waals surface area contributed by atoms with Crippen LogP contribution in [0, 0.1) is 0 Å². The Balaban J connectivity index is 1.25. The van der Waals surface area contributed by atoms with E-state index in [1.54, 1.807) is 84.9 Å². The fourth-order valence-corrected chi connectivity index (χ4v) is 7.13. The summed E-state index contributed by atoms with van der Waals surface area (Å²) in [4.78, 5) is 104. The number of phenols is 2. The van der Waals surface area contributed by atoms with E-state index in [2.05, 4.69) is 42.5 Å².